The molecule has 0 radical (unpaired) electrons. The summed E-state index contributed by atoms with van der Waals surface area (Å²) in [6, 6.07) is -0.499. The predicted octanol–water partition coefficient (Wildman–Crippen LogP) is -0.373. The van der Waals surface area contributed by atoms with Crippen LogP contribution in [-0.4, -0.2) is 43.4 Å². The third-order valence-corrected chi connectivity index (χ3v) is 2.85. The number of methoxy groups -OCH3 is 1. The van der Waals surface area contributed by atoms with E-state index in [1.807, 2.05) is 0 Å². The molecule has 0 aliphatic heterocycles. The zero-order valence-electron chi connectivity index (χ0n) is 9.82. The highest BCUT2D eigenvalue weighted by Gasteiger charge is 2.29. The molecule has 1 aliphatic carbocycles. The SMILES string of the molecule is COCCCC(N)C(=O)NCC(O)C1CC1. The first-order valence-electron chi connectivity index (χ1n) is 5.85. The maximum absolute atomic E-state index is 11.5. The minimum Gasteiger partial charge on any atom is -0.391 e. The maximum Gasteiger partial charge on any atom is 0.237 e. The number of ether oxygens (including phenoxy) is 1. The molecular weight excluding hydrogens is 208 g/mol. The zero-order chi connectivity index (χ0) is 12.0. The number of nitrogens with two attached hydrogens (primary N) is 1. The molecule has 0 bridgehead atoms. The third-order valence-electron chi connectivity index (χ3n) is 2.85. The van der Waals surface area contributed by atoms with Crippen LogP contribution in [0.25, 0.3) is 0 Å². The van der Waals surface area contributed by atoms with Crippen LogP contribution in [-0.2, 0) is 9.53 Å². The summed E-state index contributed by atoms with van der Waals surface area (Å²) in [7, 11) is 1.62. The van der Waals surface area contributed by atoms with Crippen LogP contribution in [0.5, 0.6) is 0 Å². The molecular formula is C11H22N2O3. The molecule has 1 aliphatic rings. The highest BCUT2D eigenvalue weighted by Crippen LogP contribution is 2.32. The molecule has 0 aromatic heterocycles. The number of amides is 1. The Hall–Kier alpha value is -0.650. The summed E-state index contributed by atoms with van der Waals surface area (Å²) in [5, 5.41) is 12.2. The van der Waals surface area contributed by atoms with Crippen LogP contribution in [0.15, 0.2) is 0 Å². The van der Waals surface area contributed by atoms with E-state index in [0.717, 1.165) is 19.3 Å². The zero-order valence-corrected chi connectivity index (χ0v) is 9.82. The van der Waals surface area contributed by atoms with E-state index < -0.39 is 12.1 Å². The Kier molecular flexibility index (Phi) is 5.73. The minimum absolute atomic E-state index is 0.184. The minimum atomic E-state index is -0.499. The molecule has 1 saturated carbocycles. The fourth-order valence-electron chi connectivity index (χ4n) is 1.56. The number of rotatable bonds is 8. The van der Waals surface area contributed by atoms with Gasteiger partial charge >= 0.3 is 0 Å². The van der Waals surface area contributed by atoms with Gasteiger partial charge in [0, 0.05) is 20.3 Å². The Bertz CT molecular complexity index is 219. The Morgan fingerprint density at radius 1 is 1.62 bits per heavy atom. The molecule has 0 spiro atoms. The van der Waals surface area contributed by atoms with E-state index in [2.05, 4.69) is 5.32 Å². The smallest absolute Gasteiger partial charge is 0.237 e. The van der Waals surface area contributed by atoms with E-state index >= 15 is 0 Å². The molecule has 1 fully saturated rings. The third kappa shape index (κ3) is 4.92. The first-order valence-corrected chi connectivity index (χ1v) is 5.85. The Balaban J connectivity index is 2.07. The lowest BCUT2D eigenvalue weighted by Gasteiger charge is -2.14. The Morgan fingerprint density at radius 2 is 2.31 bits per heavy atom. The van der Waals surface area contributed by atoms with Crippen molar-refractivity contribution in [3.63, 3.8) is 0 Å². The van der Waals surface area contributed by atoms with Crippen LogP contribution in [0.2, 0.25) is 0 Å². The van der Waals surface area contributed by atoms with Crippen molar-refractivity contribution < 1.29 is 14.6 Å². The quantitative estimate of drug-likeness (QED) is 0.497. The molecule has 5 nitrogen and oxygen atoms in total. The topological polar surface area (TPSA) is 84.6 Å². The van der Waals surface area contributed by atoms with Crippen LogP contribution >= 0.6 is 0 Å². The van der Waals surface area contributed by atoms with Crippen molar-refractivity contribution in [2.45, 2.75) is 37.8 Å². The van der Waals surface area contributed by atoms with Gasteiger partial charge in [-0.25, -0.2) is 0 Å². The normalized spacial score (nSPS) is 19.2. The highest BCUT2D eigenvalue weighted by atomic mass is 16.5. The van der Waals surface area contributed by atoms with E-state index in [9.17, 15) is 9.90 Å². The van der Waals surface area contributed by atoms with Crippen LogP contribution in [0.4, 0.5) is 0 Å². The van der Waals surface area contributed by atoms with Gasteiger partial charge in [0.25, 0.3) is 0 Å². The molecule has 0 heterocycles. The fourth-order valence-corrected chi connectivity index (χ4v) is 1.56. The standard InChI is InChI=1S/C11H22N2O3/c1-16-6-2-3-9(12)11(15)13-7-10(14)8-4-5-8/h8-10,14H,2-7,12H2,1H3,(H,13,15). The van der Waals surface area contributed by atoms with Crippen molar-refractivity contribution in [1.82, 2.24) is 5.32 Å². The van der Waals surface area contributed by atoms with Gasteiger partial charge in [0.15, 0.2) is 0 Å². The number of hydrogen-bond acceptors (Lipinski definition) is 4. The summed E-state index contributed by atoms with van der Waals surface area (Å²) in [6.07, 6.45) is 3.11. The lowest BCUT2D eigenvalue weighted by atomic mass is 10.1. The van der Waals surface area contributed by atoms with Crippen LogP contribution < -0.4 is 11.1 Å². The lowest BCUT2D eigenvalue weighted by molar-refractivity contribution is -0.123. The van der Waals surface area contributed by atoms with Gasteiger partial charge < -0.3 is 20.9 Å². The van der Waals surface area contributed by atoms with E-state index in [-0.39, 0.29) is 5.91 Å². The molecule has 1 amide bonds. The molecule has 4 N–H and O–H groups in total. The van der Waals surface area contributed by atoms with Crippen LogP contribution in [0.3, 0.4) is 0 Å². The Labute approximate surface area is 96.3 Å². The summed E-state index contributed by atoms with van der Waals surface area (Å²) < 4.78 is 4.88. The largest absolute Gasteiger partial charge is 0.391 e. The van der Waals surface area contributed by atoms with Crippen molar-refractivity contribution in [2.24, 2.45) is 11.7 Å². The maximum atomic E-state index is 11.5. The van der Waals surface area contributed by atoms with Gasteiger partial charge in [0.1, 0.15) is 0 Å². The molecule has 5 heteroatoms. The van der Waals surface area contributed by atoms with Crippen molar-refractivity contribution in [1.29, 1.82) is 0 Å². The first-order chi connectivity index (χ1) is 7.65. The number of aliphatic hydroxyl groups excluding tert-OH is 1. The van der Waals surface area contributed by atoms with Gasteiger partial charge in [-0.3, -0.25) is 4.79 Å². The fraction of sp³-hybridized carbons (Fsp3) is 0.909. The molecule has 0 saturated heterocycles. The van der Waals surface area contributed by atoms with E-state index in [4.69, 9.17) is 10.5 Å². The van der Waals surface area contributed by atoms with Gasteiger partial charge in [-0.1, -0.05) is 0 Å². The van der Waals surface area contributed by atoms with E-state index in [0.29, 0.717) is 25.5 Å². The average molecular weight is 230 g/mol. The molecule has 94 valence electrons. The summed E-state index contributed by atoms with van der Waals surface area (Å²) >= 11 is 0. The van der Waals surface area contributed by atoms with Crippen molar-refractivity contribution >= 4 is 5.91 Å². The molecule has 16 heavy (non-hydrogen) atoms. The van der Waals surface area contributed by atoms with E-state index in [1.165, 1.54) is 0 Å². The molecule has 2 atom stereocenters. The number of aliphatic hydroxyl groups is 1. The number of nitrogens with one attached hydrogen (secondary N) is 1. The summed E-state index contributed by atoms with van der Waals surface area (Å²) in [5.41, 5.74) is 5.69. The van der Waals surface area contributed by atoms with Gasteiger partial charge in [-0.15, -0.1) is 0 Å². The van der Waals surface area contributed by atoms with Gasteiger partial charge in [-0.05, 0) is 31.6 Å². The molecule has 0 aromatic rings. The van der Waals surface area contributed by atoms with Crippen LogP contribution in [0.1, 0.15) is 25.7 Å². The second-order valence-corrected chi connectivity index (χ2v) is 4.39. The average Bonchev–Trinajstić information content (AvgIpc) is 3.09. The summed E-state index contributed by atoms with van der Waals surface area (Å²) in [4.78, 5) is 11.5. The first kappa shape index (κ1) is 13.4. The van der Waals surface area contributed by atoms with Crippen molar-refractivity contribution in [2.75, 3.05) is 20.3 Å². The lowest BCUT2D eigenvalue weighted by Crippen LogP contribution is -2.43. The van der Waals surface area contributed by atoms with Crippen molar-refractivity contribution in [3.8, 4) is 0 Å². The Morgan fingerprint density at radius 3 is 2.88 bits per heavy atom. The molecule has 2 unspecified atom stereocenters. The van der Waals surface area contributed by atoms with Gasteiger partial charge in [0.2, 0.25) is 5.91 Å². The second-order valence-electron chi connectivity index (χ2n) is 4.39. The number of carbonyl (C=O) groups is 1. The highest BCUT2D eigenvalue weighted by molar-refractivity contribution is 5.81. The van der Waals surface area contributed by atoms with Crippen molar-refractivity contribution in [3.05, 3.63) is 0 Å². The van der Waals surface area contributed by atoms with Gasteiger partial charge in [0.05, 0.1) is 12.1 Å². The molecule has 1 rings (SSSR count). The molecule has 0 aromatic carbocycles. The second kappa shape index (κ2) is 6.83. The number of carbonyl (C=O) groups excluding carboxylic acids is 1. The monoisotopic (exact) mass is 230 g/mol. The number of hydrogen-bond donors (Lipinski definition) is 3. The van der Waals surface area contributed by atoms with E-state index in [1.54, 1.807) is 7.11 Å². The predicted molar refractivity (Wildman–Crippen MR) is 60.8 cm³/mol. The van der Waals surface area contributed by atoms with Gasteiger partial charge in [-0.2, -0.15) is 0 Å². The van der Waals surface area contributed by atoms with Crippen LogP contribution in [0, 0.1) is 5.92 Å². The summed E-state index contributed by atoms with van der Waals surface area (Å²) in [5.74, 6) is 0.195. The summed E-state index contributed by atoms with van der Waals surface area (Å²) in [6.45, 7) is 0.938.